The molecule has 0 saturated heterocycles. The monoisotopic (exact) mass is 348 g/mol. The minimum absolute atomic E-state index is 0.00631. The maximum Gasteiger partial charge on any atom is 0.264 e. The molecule has 2 rings (SSSR count). The van der Waals surface area contributed by atoms with Crippen LogP contribution in [0.3, 0.4) is 0 Å². The van der Waals surface area contributed by atoms with Crippen LogP contribution in [0.25, 0.3) is 0 Å². The molecule has 22 heavy (non-hydrogen) atoms. The molecule has 1 aromatic rings. The fourth-order valence-corrected chi connectivity index (χ4v) is 3.57. The van der Waals surface area contributed by atoms with E-state index in [4.69, 9.17) is 8.37 Å². The lowest BCUT2D eigenvalue weighted by atomic mass is 9.76. The highest BCUT2D eigenvalue weighted by molar-refractivity contribution is 7.86. The maximum atomic E-state index is 11.3. The fraction of sp³-hybridized carbons (Fsp3) is 0.571. The number of aryl methyl sites for hydroxylation is 1. The van der Waals surface area contributed by atoms with E-state index >= 15 is 0 Å². The predicted octanol–water partition coefficient (Wildman–Crippen LogP) is 1.28. The molecule has 0 bridgehead atoms. The summed E-state index contributed by atoms with van der Waals surface area (Å²) in [4.78, 5) is 0. The van der Waals surface area contributed by atoms with Crippen molar-refractivity contribution in [3.8, 4) is 0 Å². The van der Waals surface area contributed by atoms with E-state index in [1.807, 2.05) is 24.3 Å². The molecule has 0 aliphatic heterocycles. The van der Waals surface area contributed by atoms with Gasteiger partial charge in [0.1, 0.15) is 0 Å². The highest BCUT2D eigenvalue weighted by Crippen LogP contribution is 2.37. The number of hydrogen-bond acceptors (Lipinski definition) is 6. The molecule has 0 fully saturated rings. The lowest BCUT2D eigenvalue weighted by molar-refractivity contribution is 0.174. The van der Waals surface area contributed by atoms with E-state index in [1.54, 1.807) is 0 Å². The zero-order valence-electron chi connectivity index (χ0n) is 12.6. The van der Waals surface area contributed by atoms with Crippen LogP contribution in [0.1, 0.15) is 23.5 Å². The van der Waals surface area contributed by atoms with Crippen LogP contribution in [0.5, 0.6) is 0 Å². The molecule has 0 saturated carbocycles. The van der Waals surface area contributed by atoms with Crippen molar-refractivity contribution < 1.29 is 25.2 Å². The van der Waals surface area contributed by atoms with Gasteiger partial charge in [-0.2, -0.15) is 16.8 Å². The second-order valence-corrected chi connectivity index (χ2v) is 8.87. The van der Waals surface area contributed by atoms with E-state index in [-0.39, 0.29) is 25.0 Å². The Morgan fingerprint density at radius 1 is 1.00 bits per heavy atom. The summed E-state index contributed by atoms with van der Waals surface area (Å²) in [5.41, 5.74) is 2.14. The molecule has 0 heterocycles. The van der Waals surface area contributed by atoms with Gasteiger partial charge in [-0.3, -0.25) is 8.37 Å². The predicted molar refractivity (Wildman–Crippen MR) is 82.6 cm³/mol. The normalized spacial score (nSPS) is 22.3. The van der Waals surface area contributed by atoms with Gasteiger partial charge in [0.05, 0.1) is 25.7 Å². The Labute approximate surface area is 131 Å². The van der Waals surface area contributed by atoms with E-state index in [0.717, 1.165) is 36.5 Å². The maximum absolute atomic E-state index is 11.3. The molecule has 0 N–H and O–H groups in total. The summed E-state index contributed by atoms with van der Waals surface area (Å²) in [5, 5.41) is 0. The van der Waals surface area contributed by atoms with E-state index in [2.05, 4.69) is 0 Å². The minimum Gasteiger partial charge on any atom is -0.270 e. The largest absolute Gasteiger partial charge is 0.270 e. The molecule has 0 amide bonds. The Hall–Kier alpha value is -0.960. The van der Waals surface area contributed by atoms with E-state index in [1.165, 1.54) is 0 Å². The molecule has 1 aromatic carbocycles. The molecule has 1 aliphatic carbocycles. The average Bonchev–Trinajstić information content (AvgIpc) is 2.41. The van der Waals surface area contributed by atoms with E-state index < -0.39 is 20.2 Å². The van der Waals surface area contributed by atoms with Gasteiger partial charge in [0.15, 0.2) is 0 Å². The molecule has 0 unspecified atom stereocenters. The van der Waals surface area contributed by atoms with Gasteiger partial charge in [0, 0.05) is 5.92 Å². The van der Waals surface area contributed by atoms with Crippen molar-refractivity contribution in [1.29, 1.82) is 0 Å². The zero-order valence-corrected chi connectivity index (χ0v) is 14.2. The quantitative estimate of drug-likeness (QED) is 0.720. The molecule has 0 aromatic heterocycles. The molecule has 6 nitrogen and oxygen atoms in total. The zero-order chi connectivity index (χ0) is 16.4. The fourth-order valence-electron chi connectivity index (χ4n) is 2.75. The van der Waals surface area contributed by atoms with Crippen molar-refractivity contribution in [2.45, 2.75) is 18.8 Å². The molecule has 124 valence electrons. The van der Waals surface area contributed by atoms with Crippen LogP contribution in [0, 0.1) is 5.92 Å². The van der Waals surface area contributed by atoms with Crippen molar-refractivity contribution in [3.63, 3.8) is 0 Å². The highest BCUT2D eigenvalue weighted by Gasteiger charge is 2.31. The lowest BCUT2D eigenvalue weighted by Crippen LogP contribution is -2.29. The van der Waals surface area contributed by atoms with Crippen molar-refractivity contribution in [2.24, 2.45) is 5.92 Å². The van der Waals surface area contributed by atoms with Crippen LogP contribution >= 0.6 is 0 Å². The summed E-state index contributed by atoms with van der Waals surface area (Å²) >= 11 is 0. The third kappa shape index (κ3) is 5.05. The van der Waals surface area contributed by atoms with Gasteiger partial charge in [-0.25, -0.2) is 0 Å². The van der Waals surface area contributed by atoms with Gasteiger partial charge in [0.2, 0.25) is 0 Å². The van der Waals surface area contributed by atoms with Crippen molar-refractivity contribution in [1.82, 2.24) is 0 Å². The van der Waals surface area contributed by atoms with Gasteiger partial charge in [-0.05, 0) is 29.9 Å². The number of rotatable bonds is 6. The minimum atomic E-state index is -3.55. The van der Waals surface area contributed by atoms with Crippen molar-refractivity contribution >= 4 is 20.2 Å². The van der Waals surface area contributed by atoms with E-state index in [9.17, 15) is 16.8 Å². The van der Waals surface area contributed by atoms with Crippen LogP contribution in [0.2, 0.25) is 0 Å². The van der Waals surface area contributed by atoms with Gasteiger partial charge in [-0.1, -0.05) is 24.3 Å². The Morgan fingerprint density at radius 3 is 2.23 bits per heavy atom. The average molecular weight is 348 g/mol. The summed E-state index contributed by atoms with van der Waals surface area (Å²) < 4.78 is 54.8. The number of fused-ring (bicyclic) bond motifs is 1. The lowest BCUT2D eigenvalue weighted by Gasteiger charge is -2.32. The summed E-state index contributed by atoms with van der Waals surface area (Å²) in [6, 6.07) is 7.74. The molecule has 0 radical (unpaired) electrons. The SMILES string of the molecule is CS(=O)(=O)OC[C@@H]1CCc2ccccc2[C@@H]1COS(C)(=O)=O. The van der Waals surface area contributed by atoms with Gasteiger partial charge in [0.25, 0.3) is 20.2 Å². The second-order valence-electron chi connectivity index (χ2n) is 5.58. The first-order valence-corrected chi connectivity index (χ1v) is 10.6. The van der Waals surface area contributed by atoms with E-state index in [0.29, 0.717) is 0 Å². The summed E-state index contributed by atoms with van der Waals surface area (Å²) in [7, 11) is -7.08. The first kappa shape index (κ1) is 17.4. The Bertz CT molecular complexity index is 723. The summed E-state index contributed by atoms with van der Waals surface area (Å²) in [5.74, 6) is -0.312. The summed E-state index contributed by atoms with van der Waals surface area (Å²) in [6.45, 7) is 0.0264. The topological polar surface area (TPSA) is 86.7 Å². The third-order valence-corrected chi connectivity index (χ3v) is 4.89. The van der Waals surface area contributed by atoms with Crippen LogP contribution in [-0.4, -0.2) is 42.6 Å². The van der Waals surface area contributed by atoms with Gasteiger partial charge >= 0.3 is 0 Å². The first-order valence-electron chi connectivity index (χ1n) is 6.92. The highest BCUT2D eigenvalue weighted by atomic mass is 32.2. The molecule has 2 atom stereocenters. The van der Waals surface area contributed by atoms with Crippen LogP contribution in [0.15, 0.2) is 24.3 Å². The van der Waals surface area contributed by atoms with Crippen molar-refractivity contribution in [2.75, 3.05) is 25.7 Å². The Kier molecular flexibility index (Phi) is 5.26. The van der Waals surface area contributed by atoms with Crippen LogP contribution in [0.4, 0.5) is 0 Å². The number of hydrogen-bond donors (Lipinski definition) is 0. The molecule has 8 heteroatoms. The molecular weight excluding hydrogens is 328 g/mol. The Morgan fingerprint density at radius 2 is 1.59 bits per heavy atom. The number of benzene rings is 1. The van der Waals surface area contributed by atoms with Crippen molar-refractivity contribution in [3.05, 3.63) is 35.4 Å². The molecular formula is C14H20O6S2. The third-order valence-electron chi connectivity index (χ3n) is 3.77. The summed E-state index contributed by atoms with van der Waals surface area (Å²) in [6.07, 6.45) is 3.54. The molecule has 1 aliphatic rings. The molecule has 0 spiro atoms. The van der Waals surface area contributed by atoms with Gasteiger partial charge < -0.3 is 0 Å². The smallest absolute Gasteiger partial charge is 0.264 e. The second kappa shape index (κ2) is 6.66. The van der Waals surface area contributed by atoms with Crippen LogP contribution in [-0.2, 0) is 35.0 Å². The Balaban J connectivity index is 2.21. The van der Waals surface area contributed by atoms with Crippen LogP contribution < -0.4 is 0 Å². The standard InChI is InChI=1S/C14H20O6S2/c1-21(15,16)19-9-12-8-7-11-5-3-4-6-13(11)14(12)10-20-22(2,17)18/h3-6,12,14H,7-10H2,1-2H3/t12-,14+/m0/s1. The van der Waals surface area contributed by atoms with Gasteiger partial charge in [-0.15, -0.1) is 0 Å². The first-order chi connectivity index (χ1) is 10.2.